The third-order valence-corrected chi connectivity index (χ3v) is 10.1. The molecule has 58 heavy (non-hydrogen) atoms. The normalized spacial score (nSPS) is 16.2. The van der Waals surface area contributed by atoms with Crippen LogP contribution >= 0.6 is 0 Å². The van der Waals surface area contributed by atoms with Crippen LogP contribution in [0.1, 0.15) is 72.2 Å². The Kier molecular flexibility index (Phi) is 10.5. The van der Waals surface area contributed by atoms with Crippen LogP contribution in [0, 0.1) is 25.7 Å². The van der Waals surface area contributed by atoms with Crippen LogP contribution in [0.2, 0.25) is 0 Å². The largest absolute Gasteiger partial charge is 0.507 e. The van der Waals surface area contributed by atoms with E-state index in [1.165, 1.54) is 12.1 Å². The van der Waals surface area contributed by atoms with Crippen molar-refractivity contribution in [2.45, 2.75) is 53.9 Å². The first-order valence-corrected chi connectivity index (χ1v) is 18.0. The zero-order valence-electron chi connectivity index (χ0n) is 32.0. The molecule has 0 bridgehead atoms. The van der Waals surface area contributed by atoms with Crippen molar-refractivity contribution < 1.29 is 56.4 Å². The van der Waals surface area contributed by atoms with Crippen LogP contribution in [0.3, 0.4) is 0 Å². The van der Waals surface area contributed by atoms with E-state index in [1.54, 1.807) is 53.7 Å². The summed E-state index contributed by atoms with van der Waals surface area (Å²) < 4.78 is 80.9. The van der Waals surface area contributed by atoms with Gasteiger partial charge in [0.1, 0.15) is 11.5 Å². The molecular weight excluding hydrogens is 766 g/mol. The Labute approximate surface area is 329 Å². The number of Topliss-reactive ketones (excluding diaryl/α,β-unsaturated/α-hetero) is 2. The highest BCUT2D eigenvalue weighted by molar-refractivity contribution is 6.35. The number of carbonyl (C=O) groups excluding carboxylic acids is 2. The second-order valence-corrected chi connectivity index (χ2v) is 14.7. The van der Waals surface area contributed by atoms with Gasteiger partial charge in [-0.15, -0.1) is 0 Å². The SMILES string of the molecule is Cc1cc2c(c(O)c1-c1c(C)cc3c(c1O)C(=CNc1cccc(C(F)(F)F)c1)C(=O)C(O)=C3C(C)C)C(=CNc1cccc(C(F)(F)F)c1)C(=O)C(O)=C2C(C)C. The fourth-order valence-electron chi connectivity index (χ4n) is 7.51. The second kappa shape index (κ2) is 14.8. The molecule has 0 aromatic heterocycles. The van der Waals surface area contributed by atoms with E-state index in [0.717, 1.165) is 48.8 Å². The molecule has 6 N–H and O–H groups in total. The summed E-state index contributed by atoms with van der Waals surface area (Å²) in [6.07, 6.45) is -7.18. The Bertz CT molecular complexity index is 2370. The maximum atomic E-state index is 13.8. The molecule has 8 nitrogen and oxygen atoms in total. The van der Waals surface area contributed by atoms with Gasteiger partial charge in [0.15, 0.2) is 11.5 Å². The minimum atomic E-state index is -4.66. The number of aromatic hydroxyl groups is 2. The topological polar surface area (TPSA) is 139 Å². The molecule has 4 aromatic carbocycles. The van der Waals surface area contributed by atoms with E-state index >= 15 is 0 Å². The van der Waals surface area contributed by atoms with Crippen molar-refractivity contribution in [2.24, 2.45) is 11.8 Å². The molecule has 0 saturated carbocycles. The number of phenolic OH excluding ortho intramolecular Hbond substituents is 2. The number of halogens is 6. The minimum absolute atomic E-state index is 0.00123. The minimum Gasteiger partial charge on any atom is -0.507 e. The third kappa shape index (κ3) is 7.18. The standard InChI is InChI=1S/C44H38F6N2O6/c1-19(2)31-27-13-21(5)33(39(55)35(27)29(37(53)41(31)57)17-51-25-11-7-9-23(15-25)43(45,46)47)34-22(6)14-28-32(20(3)4)42(58)38(54)30(36(28)40(34)56)18-52-26-12-8-10-24(16-26)44(48,49)50/h7-20,51-52,55-58H,1-6H3. The number of carbonyl (C=O) groups is 2. The number of phenols is 2. The molecule has 0 unspecified atom stereocenters. The highest BCUT2D eigenvalue weighted by Crippen LogP contribution is 2.54. The van der Waals surface area contributed by atoms with Gasteiger partial charge in [-0.3, -0.25) is 9.59 Å². The Morgan fingerprint density at radius 1 is 0.552 bits per heavy atom. The molecule has 302 valence electrons. The van der Waals surface area contributed by atoms with Crippen molar-refractivity contribution >= 4 is 45.2 Å². The highest BCUT2D eigenvalue weighted by atomic mass is 19.4. The molecule has 0 fully saturated rings. The number of benzene rings is 4. The van der Waals surface area contributed by atoms with Gasteiger partial charge in [0.05, 0.1) is 22.3 Å². The number of ketones is 2. The molecule has 0 aliphatic heterocycles. The van der Waals surface area contributed by atoms with E-state index < -0.39 is 69.9 Å². The lowest BCUT2D eigenvalue weighted by Crippen LogP contribution is -2.20. The smallest absolute Gasteiger partial charge is 0.416 e. The van der Waals surface area contributed by atoms with Crippen LogP contribution in [0.4, 0.5) is 37.7 Å². The first-order chi connectivity index (χ1) is 27.0. The van der Waals surface area contributed by atoms with Crippen LogP contribution < -0.4 is 10.6 Å². The number of hydrogen-bond donors (Lipinski definition) is 6. The Balaban J connectivity index is 1.60. The summed E-state index contributed by atoms with van der Waals surface area (Å²) in [5, 5.41) is 52.2. The van der Waals surface area contributed by atoms with E-state index in [-0.39, 0.29) is 67.0 Å². The monoisotopic (exact) mass is 804 g/mol. The van der Waals surface area contributed by atoms with Gasteiger partial charge in [-0.2, -0.15) is 26.3 Å². The molecule has 0 atom stereocenters. The maximum Gasteiger partial charge on any atom is 0.416 e. The van der Waals surface area contributed by atoms with Gasteiger partial charge in [0.2, 0.25) is 11.6 Å². The van der Waals surface area contributed by atoms with Gasteiger partial charge in [-0.25, -0.2) is 0 Å². The lowest BCUT2D eigenvalue weighted by molar-refractivity contribution is -0.138. The average Bonchev–Trinajstić information content (AvgIpc) is 3.13. The predicted octanol–water partition coefficient (Wildman–Crippen LogP) is 11.3. The van der Waals surface area contributed by atoms with Crippen molar-refractivity contribution in [1.82, 2.24) is 0 Å². The van der Waals surface area contributed by atoms with Crippen LogP contribution in [0.25, 0.3) is 33.4 Å². The maximum absolute atomic E-state index is 13.8. The number of nitrogens with one attached hydrogen (secondary N) is 2. The van der Waals surface area contributed by atoms with Gasteiger partial charge < -0.3 is 31.1 Å². The molecule has 0 spiro atoms. The summed E-state index contributed by atoms with van der Waals surface area (Å²) in [7, 11) is 0. The summed E-state index contributed by atoms with van der Waals surface area (Å²) in [6.45, 7) is 10.1. The number of hydrogen-bond acceptors (Lipinski definition) is 8. The number of alkyl halides is 6. The zero-order chi connectivity index (χ0) is 42.8. The summed E-state index contributed by atoms with van der Waals surface area (Å²) in [5.74, 6) is -5.14. The lowest BCUT2D eigenvalue weighted by atomic mass is 9.75. The van der Waals surface area contributed by atoms with Crippen molar-refractivity contribution in [2.75, 3.05) is 10.6 Å². The number of anilines is 2. The molecule has 0 amide bonds. The molecule has 2 aliphatic carbocycles. The number of aliphatic hydroxyl groups excluding tert-OH is 2. The molecule has 6 rings (SSSR count). The molecule has 0 heterocycles. The van der Waals surface area contributed by atoms with Gasteiger partial charge >= 0.3 is 12.4 Å². The lowest BCUT2D eigenvalue weighted by Gasteiger charge is -2.29. The summed E-state index contributed by atoms with van der Waals surface area (Å²) in [4.78, 5) is 27.7. The molecule has 0 radical (unpaired) electrons. The third-order valence-electron chi connectivity index (χ3n) is 10.1. The fourth-order valence-corrected chi connectivity index (χ4v) is 7.51. The van der Waals surface area contributed by atoms with E-state index in [4.69, 9.17) is 0 Å². The number of allylic oxidation sites excluding steroid dienone is 4. The molecule has 0 saturated heterocycles. The van der Waals surface area contributed by atoms with Crippen LogP contribution in [-0.2, 0) is 21.9 Å². The van der Waals surface area contributed by atoms with Gasteiger partial charge in [0.25, 0.3) is 0 Å². The van der Waals surface area contributed by atoms with Crippen LogP contribution in [0.5, 0.6) is 11.5 Å². The molecule has 4 aromatic rings. The van der Waals surface area contributed by atoms with Gasteiger partial charge in [-0.1, -0.05) is 52.0 Å². The molecular formula is C44H38F6N2O6. The van der Waals surface area contributed by atoms with E-state index in [0.29, 0.717) is 11.1 Å². The van der Waals surface area contributed by atoms with Gasteiger partial charge in [0, 0.05) is 57.2 Å². The Morgan fingerprint density at radius 2 is 0.897 bits per heavy atom. The zero-order valence-corrected chi connectivity index (χ0v) is 32.0. The van der Waals surface area contributed by atoms with Crippen LogP contribution in [0.15, 0.2) is 84.6 Å². The van der Waals surface area contributed by atoms with E-state index in [2.05, 4.69) is 10.6 Å². The summed E-state index contributed by atoms with van der Waals surface area (Å²) >= 11 is 0. The van der Waals surface area contributed by atoms with E-state index in [1.807, 2.05) is 0 Å². The number of aryl methyl sites for hydroxylation is 2. The highest BCUT2D eigenvalue weighted by Gasteiger charge is 2.39. The van der Waals surface area contributed by atoms with E-state index in [9.17, 15) is 56.4 Å². The molecule has 14 heteroatoms. The molecule has 2 aliphatic rings. The summed E-state index contributed by atoms with van der Waals surface area (Å²) in [5.41, 5.74) is -1.28. The van der Waals surface area contributed by atoms with Crippen molar-refractivity contribution in [1.29, 1.82) is 0 Å². The number of aliphatic hydroxyl groups is 2. The second-order valence-electron chi connectivity index (χ2n) is 14.7. The number of rotatable bonds is 7. The Morgan fingerprint density at radius 3 is 1.21 bits per heavy atom. The summed E-state index contributed by atoms with van der Waals surface area (Å²) in [6, 6.07) is 11.5. The average molecular weight is 805 g/mol. The first-order valence-electron chi connectivity index (χ1n) is 18.0. The number of fused-ring (bicyclic) bond motifs is 2. The van der Waals surface area contributed by atoms with Crippen molar-refractivity contribution in [3.8, 4) is 22.6 Å². The Hall–Kier alpha value is -6.44. The fraction of sp³-hybridized carbons (Fsp3) is 0.227. The van der Waals surface area contributed by atoms with Crippen LogP contribution in [-0.4, -0.2) is 32.0 Å². The van der Waals surface area contributed by atoms with Crippen molar-refractivity contribution in [3.63, 3.8) is 0 Å². The van der Waals surface area contributed by atoms with Gasteiger partial charge in [-0.05, 0) is 84.3 Å². The quantitative estimate of drug-likeness (QED) is 0.0802. The predicted molar refractivity (Wildman–Crippen MR) is 210 cm³/mol. The first kappa shape index (κ1) is 41.2. The van der Waals surface area contributed by atoms with Crippen molar-refractivity contribution in [3.05, 3.63) is 129 Å².